The van der Waals surface area contributed by atoms with Crippen LogP contribution < -0.4 is 10.0 Å². The smallest absolute Gasteiger partial charge is 0.276 e. The molecule has 2 aromatic heterocycles. The van der Waals surface area contributed by atoms with Gasteiger partial charge in [0.1, 0.15) is 5.69 Å². The molecule has 0 spiro atoms. The number of hydrogen-bond donors (Lipinski definition) is 2. The number of carbonyl (C=O) groups is 1. The molecule has 2 aromatic carbocycles. The maximum Gasteiger partial charge on any atom is 0.276 e. The standard InChI is InChI=1S/C20H16N4O3S2/c1-29(26,27)24-15-9-6-14(7-10-15)18-12-28-20(22-18)23-19(25)17-11-8-13-4-2-3-5-16(13)21-17/h2-12,24H,1H3,(H,22,23,25). The van der Waals surface area contributed by atoms with Crippen molar-refractivity contribution in [2.45, 2.75) is 0 Å². The maximum atomic E-state index is 12.5. The highest BCUT2D eigenvalue weighted by Crippen LogP contribution is 2.26. The van der Waals surface area contributed by atoms with E-state index in [2.05, 4.69) is 20.0 Å². The minimum atomic E-state index is -3.32. The van der Waals surface area contributed by atoms with E-state index in [-0.39, 0.29) is 5.91 Å². The Hall–Kier alpha value is -3.30. The molecular formula is C20H16N4O3S2. The summed E-state index contributed by atoms with van der Waals surface area (Å²) in [6.07, 6.45) is 1.10. The third-order valence-corrected chi connectivity index (χ3v) is 5.40. The van der Waals surface area contributed by atoms with Crippen LogP contribution in [0.1, 0.15) is 10.5 Å². The Kier molecular flexibility index (Phi) is 4.99. The Bertz CT molecular complexity index is 1300. The molecule has 146 valence electrons. The van der Waals surface area contributed by atoms with Gasteiger partial charge in [-0.2, -0.15) is 0 Å². The van der Waals surface area contributed by atoms with Crippen molar-refractivity contribution in [3.63, 3.8) is 0 Å². The number of carbonyl (C=O) groups excluding carboxylic acids is 1. The van der Waals surface area contributed by atoms with E-state index in [0.29, 0.717) is 22.2 Å². The van der Waals surface area contributed by atoms with E-state index in [1.54, 1.807) is 30.3 Å². The first-order chi connectivity index (χ1) is 13.9. The first-order valence-electron chi connectivity index (χ1n) is 8.58. The molecule has 4 aromatic rings. The molecule has 0 aliphatic rings. The highest BCUT2D eigenvalue weighted by Gasteiger charge is 2.12. The number of anilines is 2. The summed E-state index contributed by atoms with van der Waals surface area (Å²) in [5, 5.41) is 6.02. The summed E-state index contributed by atoms with van der Waals surface area (Å²) in [7, 11) is -3.32. The van der Waals surface area contributed by atoms with Gasteiger partial charge in [-0.1, -0.05) is 36.4 Å². The fourth-order valence-electron chi connectivity index (χ4n) is 2.74. The number of amides is 1. The average Bonchev–Trinajstić information content (AvgIpc) is 3.15. The molecule has 0 aliphatic carbocycles. The monoisotopic (exact) mass is 424 g/mol. The first kappa shape index (κ1) is 19.0. The summed E-state index contributed by atoms with van der Waals surface area (Å²) in [5.41, 5.74) is 3.04. The molecule has 0 unspecified atom stereocenters. The van der Waals surface area contributed by atoms with Crippen LogP contribution in [-0.4, -0.2) is 30.5 Å². The highest BCUT2D eigenvalue weighted by atomic mass is 32.2. The van der Waals surface area contributed by atoms with Crippen LogP contribution in [0.2, 0.25) is 0 Å². The van der Waals surface area contributed by atoms with Gasteiger partial charge in [0.2, 0.25) is 10.0 Å². The summed E-state index contributed by atoms with van der Waals surface area (Å²) in [6.45, 7) is 0. The van der Waals surface area contributed by atoms with Crippen molar-refractivity contribution in [1.82, 2.24) is 9.97 Å². The lowest BCUT2D eigenvalue weighted by molar-refractivity contribution is 0.102. The molecule has 4 rings (SSSR count). The Morgan fingerprint density at radius 1 is 0.966 bits per heavy atom. The van der Waals surface area contributed by atoms with Gasteiger partial charge in [0, 0.05) is 22.0 Å². The number of nitrogens with one attached hydrogen (secondary N) is 2. The Morgan fingerprint density at radius 3 is 2.48 bits per heavy atom. The quantitative estimate of drug-likeness (QED) is 0.505. The molecule has 1 amide bonds. The van der Waals surface area contributed by atoms with E-state index in [1.807, 2.05) is 35.7 Å². The molecule has 0 saturated heterocycles. The molecule has 9 heteroatoms. The zero-order valence-corrected chi connectivity index (χ0v) is 16.9. The van der Waals surface area contributed by atoms with Gasteiger partial charge in [-0.25, -0.2) is 18.4 Å². The number of thiazole rings is 1. The second kappa shape index (κ2) is 7.61. The summed E-state index contributed by atoms with van der Waals surface area (Å²) in [6, 6.07) is 18.0. The molecule has 0 aliphatic heterocycles. The van der Waals surface area contributed by atoms with Crippen LogP contribution in [0.25, 0.3) is 22.2 Å². The van der Waals surface area contributed by atoms with Crippen LogP contribution >= 0.6 is 11.3 Å². The van der Waals surface area contributed by atoms with Crippen LogP contribution in [0.15, 0.2) is 66.0 Å². The average molecular weight is 425 g/mol. The Morgan fingerprint density at radius 2 is 1.72 bits per heavy atom. The molecule has 0 atom stereocenters. The summed E-state index contributed by atoms with van der Waals surface area (Å²) in [4.78, 5) is 21.3. The molecule has 0 radical (unpaired) electrons. The fourth-order valence-corrected chi connectivity index (χ4v) is 4.02. The fraction of sp³-hybridized carbons (Fsp3) is 0.0500. The first-order valence-corrected chi connectivity index (χ1v) is 11.4. The van der Waals surface area contributed by atoms with Crippen molar-refractivity contribution in [3.8, 4) is 11.3 Å². The van der Waals surface area contributed by atoms with Gasteiger partial charge in [0.25, 0.3) is 5.91 Å². The predicted octanol–water partition coefficient (Wildman–Crippen LogP) is 3.98. The van der Waals surface area contributed by atoms with Gasteiger partial charge in [-0.05, 0) is 24.3 Å². The molecule has 2 N–H and O–H groups in total. The number of pyridine rings is 1. The van der Waals surface area contributed by atoms with Crippen LogP contribution in [0.4, 0.5) is 10.8 Å². The zero-order chi connectivity index (χ0) is 20.4. The molecule has 0 saturated carbocycles. The number of aromatic nitrogens is 2. The molecule has 29 heavy (non-hydrogen) atoms. The third-order valence-electron chi connectivity index (χ3n) is 4.04. The van der Waals surface area contributed by atoms with Crippen molar-refractivity contribution in [1.29, 1.82) is 0 Å². The largest absolute Gasteiger partial charge is 0.296 e. The van der Waals surface area contributed by atoms with Gasteiger partial charge in [0.05, 0.1) is 17.5 Å². The Labute approximate surface area is 171 Å². The number of sulfonamides is 1. The number of hydrogen-bond acceptors (Lipinski definition) is 6. The minimum absolute atomic E-state index is 0.316. The number of fused-ring (bicyclic) bond motifs is 1. The number of para-hydroxylation sites is 1. The van der Waals surface area contributed by atoms with Gasteiger partial charge in [-0.3, -0.25) is 14.8 Å². The lowest BCUT2D eigenvalue weighted by atomic mass is 10.1. The van der Waals surface area contributed by atoms with Gasteiger partial charge in [-0.15, -0.1) is 11.3 Å². The Balaban J connectivity index is 1.49. The van der Waals surface area contributed by atoms with Crippen molar-refractivity contribution in [3.05, 3.63) is 71.7 Å². The maximum absolute atomic E-state index is 12.5. The van der Waals surface area contributed by atoms with Gasteiger partial charge in [0.15, 0.2) is 5.13 Å². The zero-order valence-electron chi connectivity index (χ0n) is 15.3. The summed E-state index contributed by atoms with van der Waals surface area (Å²) in [5.74, 6) is -0.329. The summed E-state index contributed by atoms with van der Waals surface area (Å²) >= 11 is 1.30. The van der Waals surface area contributed by atoms with Crippen molar-refractivity contribution in [2.75, 3.05) is 16.3 Å². The molecular weight excluding hydrogens is 408 g/mol. The lowest BCUT2D eigenvalue weighted by Gasteiger charge is -2.04. The van der Waals surface area contributed by atoms with E-state index >= 15 is 0 Å². The van der Waals surface area contributed by atoms with Crippen LogP contribution in [-0.2, 0) is 10.0 Å². The molecule has 2 heterocycles. The van der Waals surface area contributed by atoms with Gasteiger partial charge < -0.3 is 0 Å². The van der Waals surface area contributed by atoms with E-state index in [4.69, 9.17) is 0 Å². The molecule has 7 nitrogen and oxygen atoms in total. The molecule has 0 fully saturated rings. The lowest BCUT2D eigenvalue weighted by Crippen LogP contribution is -2.13. The minimum Gasteiger partial charge on any atom is -0.296 e. The number of nitrogens with zero attached hydrogens (tertiary/aromatic N) is 2. The summed E-state index contributed by atoms with van der Waals surface area (Å²) < 4.78 is 25.0. The van der Waals surface area contributed by atoms with Crippen LogP contribution in [0.3, 0.4) is 0 Å². The predicted molar refractivity (Wildman–Crippen MR) is 116 cm³/mol. The number of benzene rings is 2. The van der Waals surface area contributed by atoms with E-state index in [0.717, 1.165) is 22.7 Å². The highest BCUT2D eigenvalue weighted by molar-refractivity contribution is 7.92. The van der Waals surface area contributed by atoms with E-state index in [1.165, 1.54) is 11.3 Å². The van der Waals surface area contributed by atoms with Crippen molar-refractivity contribution >= 4 is 49.0 Å². The second-order valence-electron chi connectivity index (χ2n) is 6.33. The van der Waals surface area contributed by atoms with Crippen molar-refractivity contribution in [2.24, 2.45) is 0 Å². The van der Waals surface area contributed by atoms with Gasteiger partial charge >= 0.3 is 0 Å². The van der Waals surface area contributed by atoms with Crippen molar-refractivity contribution < 1.29 is 13.2 Å². The normalized spacial score (nSPS) is 11.3. The second-order valence-corrected chi connectivity index (χ2v) is 8.94. The van der Waals surface area contributed by atoms with Crippen LogP contribution in [0.5, 0.6) is 0 Å². The SMILES string of the molecule is CS(=O)(=O)Nc1ccc(-c2csc(NC(=O)c3ccc4ccccc4n3)n2)cc1. The van der Waals surface area contributed by atoms with E-state index < -0.39 is 10.0 Å². The molecule has 0 bridgehead atoms. The third kappa shape index (κ3) is 4.58. The topological polar surface area (TPSA) is 101 Å². The van der Waals surface area contributed by atoms with Crippen LogP contribution in [0, 0.1) is 0 Å². The number of rotatable bonds is 5. The van der Waals surface area contributed by atoms with E-state index in [9.17, 15) is 13.2 Å².